The lowest BCUT2D eigenvalue weighted by Crippen LogP contribution is -2.51. The Labute approximate surface area is 415 Å². The fourth-order valence-electron chi connectivity index (χ4n) is 8.22. The van der Waals surface area contributed by atoms with E-state index in [0.717, 1.165) is 32.9 Å². The first-order valence-corrected chi connectivity index (χ1v) is 23.7. The van der Waals surface area contributed by atoms with Gasteiger partial charge in [0.2, 0.25) is 5.91 Å². The molecule has 4 atom stereocenters. The Morgan fingerprint density at radius 2 is 1.77 bits per heavy atom. The average molecular weight is 977 g/mol. The predicted molar refractivity (Wildman–Crippen MR) is 267 cm³/mol. The van der Waals surface area contributed by atoms with Crippen LogP contribution in [0, 0.1) is 48.9 Å². The number of amides is 2. The molecule has 0 aliphatic carbocycles. The van der Waals surface area contributed by atoms with Gasteiger partial charge in [-0.2, -0.15) is 4.99 Å². The number of carbonyl (C=O) groups is 2. The minimum atomic E-state index is -1.16. The van der Waals surface area contributed by atoms with Gasteiger partial charge in [-0.05, 0) is 78.1 Å². The first-order valence-electron chi connectivity index (χ1n) is 22.9. The summed E-state index contributed by atoms with van der Waals surface area (Å²) in [4.78, 5) is 48.1. The third-order valence-electron chi connectivity index (χ3n) is 11.9. The maximum atomic E-state index is 14.3. The highest BCUT2D eigenvalue weighted by Gasteiger charge is 2.48. The fourth-order valence-corrected chi connectivity index (χ4v) is 9.03. The van der Waals surface area contributed by atoms with Crippen molar-refractivity contribution in [2.75, 3.05) is 58.6 Å². The molecule has 3 aromatic carbocycles. The van der Waals surface area contributed by atoms with E-state index in [0.29, 0.717) is 53.0 Å². The van der Waals surface area contributed by atoms with Crippen LogP contribution in [0.1, 0.15) is 55.7 Å². The standard InChI is InChI=1S/C53H52N8O9S/c1-7-35-13-12-14-38(25-35)57-49-40-27-43(44(67-23-21-65-6)28-41(40)54-31-55-49)68-24-22-66-19-10-8-9-11-20-69-46-29-45(70-60-46)47(33(2)3)51(63)61-30-39(62)26-42(61)50-58-52(64)53(5,59-50)37-17-15-36(16-18-37)48-34(4)56-32-71-48/h1,12-18,25,27-29,31-33,39,42,47,62H,19-24,26,30H2,2-6H3,(H,54,55,57)(H,58,59,64)/t39-,42-,47?,53?/m1/s1. The van der Waals surface area contributed by atoms with Gasteiger partial charge < -0.3 is 48.8 Å². The van der Waals surface area contributed by atoms with E-state index in [9.17, 15) is 14.7 Å². The van der Waals surface area contributed by atoms with Crippen LogP contribution in [0.5, 0.6) is 17.4 Å². The lowest BCUT2D eigenvalue weighted by atomic mass is 9.90. The van der Waals surface area contributed by atoms with Crippen LogP contribution in [0.2, 0.25) is 0 Å². The number of likely N-dealkylation sites (tertiary alicyclic amines) is 1. The van der Waals surface area contributed by atoms with E-state index in [4.69, 9.17) is 34.6 Å². The number of rotatable bonds is 19. The highest BCUT2D eigenvalue weighted by Crippen LogP contribution is 2.37. The van der Waals surface area contributed by atoms with E-state index in [1.807, 2.05) is 75.4 Å². The summed E-state index contributed by atoms with van der Waals surface area (Å²) >= 11 is 1.55. The van der Waals surface area contributed by atoms with Crippen molar-refractivity contribution in [3.8, 4) is 63.8 Å². The summed E-state index contributed by atoms with van der Waals surface area (Å²) < 4.78 is 34.2. The van der Waals surface area contributed by atoms with Crippen molar-refractivity contribution in [2.45, 2.75) is 57.7 Å². The van der Waals surface area contributed by atoms with Crippen molar-refractivity contribution in [3.05, 3.63) is 101 Å². The van der Waals surface area contributed by atoms with Crippen molar-refractivity contribution in [1.29, 1.82) is 0 Å². The van der Waals surface area contributed by atoms with Crippen molar-refractivity contribution < 1.29 is 42.9 Å². The van der Waals surface area contributed by atoms with Gasteiger partial charge in [-0.25, -0.2) is 15.0 Å². The molecule has 8 rings (SSSR count). The number of terminal acetylenes is 1. The first-order chi connectivity index (χ1) is 34.4. The Hall–Kier alpha value is -7.79. The molecule has 2 unspecified atom stereocenters. The number of aliphatic hydroxyl groups is 1. The van der Waals surface area contributed by atoms with Crippen LogP contribution < -0.4 is 24.8 Å². The van der Waals surface area contributed by atoms with Gasteiger partial charge in [-0.15, -0.1) is 17.8 Å². The number of ether oxygens (including phenoxy) is 5. The molecular weight excluding hydrogens is 925 g/mol. The number of aryl methyl sites for hydroxylation is 1. The summed E-state index contributed by atoms with van der Waals surface area (Å²) in [6, 6.07) is 19.7. The second kappa shape index (κ2) is 22.8. The molecule has 3 N–H and O–H groups in total. The van der Waals surface area contributed by atoms with Crippen LogP contribution in [0.4, 0.5) is 11.5 Å². The highest BCUT2D eigenvalue weighted by atomic mass is 32.1. The Morgan fingerprint density at radius 3 is 2.52 bits per heavy atom. The zero-order valence-corrected chi connectivity index (χ0v) is 40.7. The van der Waals surface area contributed by atoms with Gasteiger partial charge in [0.05, 0.1) is 47.0 Å². The number of aromatic nitrogens is 4. The molecule has 0 spiro atoms. The number of hydrogen-bond donors (Lipinski definition) is 3. The molecule has 3 aromatic heterocycles. The van der Waals surface area contributed by atoms with Gasteiger partial charge in [-0.3, -0.25) is 9.59 Å². The molecule has 2 aliphatic rings. The molecule has 1 saturated heterocycles. The summed E-state index contributed by atoms with van der Waals surface area (Å²) in [5, 5.41) is 22.2. The quantitative estimate of drug-likeness (QED) is 0.0592. The highest BCUT2D eigenvalue weighted by molar-refractivity contribution is 7.13. The Balaban J connectivity index is 0.818. The van der Waals surface area contributed by atoms with Crippen LogP contribution >= 0.6 is 11.3 Å². The summed E-state index contributed by atoms with van der Waals surface area (Å²) in [5.74, 6) is 14.4. The topological polar surface area (TPSA) is 205 Å². The summed E-state index contributed by atoms with van der Waals surface area (Å²) in [5.41, 5.74) is 5.48. The lowest BCUT2D eigenvalue weighted by Gasteiger charge is -2.31. The number of amidine groups is 1. The number of aliphatic hydroxyl groups excluding tert-OH is 1. The van der Waals surface area contributed by atoms with Crippen LogP contribution in [0.25, 0.3) is 21.3 Å². The number of nitrogens with one attached hydrogen (secondary N) is 2. The van der Waals surface area contributed by atoms with Gasteiger partial charge in [0.15, 0.2) is 23.9 Å². The minimum Gasteiger partial charge on any atom is -0.487 e. The second-order valence-electron chi connectivity index (χ2n) is 17.1. The third kappa shape index (κ3) is 11.6. The number of benzene rings is 3. The predicted octanol–water partition coefficient (Wildman–Crippen LogP) is 6.43. The second-order valence-corrected chi connectivity index (χ2v) is 18.0. The third-order valence-corrected chi connectivity index (χ3v) is 12.8. The zero-order valence-electron chi connectivity index (χ0n) is 39.9. The van der Waals surface area contributed by atoms with E-state index in [2.05, 4.69) is 65.3 Å². The number of nitrogens with zero attached hydrogens (tertiary/aromatic N) is 6. The maximum absolute atomic E-state index is 14.3. The van der Waals surface area contributed by atoms with Gasteiger partial charge in [-0.1, -0.05) is 56.0 Å². The largest absolute Gasteiger partial charge is 0.487 e. The fraction of sp³-hybridized carbons (Fsp3) is 0.340. The number of thiazole rings is 1. The number of β-amino-alcohol motifs (C(OH)–C–C–N with tert-alkyl or cyclic N) is 1. The Morgan fingerprint density at radius 1 is 1.00 bits per heavy atom. The van der Waals surface area contributed by atoms with Crippen molar-refractivity contribution in [2.24, 2.45) is 10.9 Å². The molecule has 17 nitrogen and oxygen atoms in total. The van der Waals surface area contributed by atoms with E-state index in [-0.39, 0.29) is 63.0 Å². The number of anilines is 2. The molecule has 5 heterocycles. The monoisotopic (exact) mass is 976 g/mol. The number of carbonyl (C=O) groups excluding carboxylic acids is 2. The molecule has 18 heteroatoms. The molecule has 364 valence electrons. The molecular formula is C53H52N8O9S. The molecule has 1 fully saturated rings. The number of methoxy groups -OCH3 is 1. The number of aliphatic imine (C=N–C) groups is 1. The maximum Gasteiger partial charge on any atom is 0.277 e. The SMILES string of the molecule is C#Cc1cccc(Nc2ncnc3cc(OCCOC)c(OCCOCC#CC#CCOc4cc(C(C(=O)N5C[C@H](O)C[C@@H]5C5=NC(=O)C(C)(c6ccc(-c7scnc7C)cc6)N5)C(C)C)on4)cc23)c1. The number of fused-ring (bicyclic) bond motifs is 1. The van der Waals surface area contributed by atoms with Gasteiger partial charge in [0.1, 0.15) is 49.3 Å². The summed E-state index contributed by atoms with van der Waals surface area (Å²) in [7, 11) is 1.60. The van der Waals surface area contributed by atoms with Crippen molar-refractivity contribution in [3.63, 3.8) is 0 Å². The molecule has 71 heavy (non-hydrogen) atoms. The van der Waals surface area contributed by atoms with Gasteiger partial charge in [0.25, 0.3) is 11.8 Å². The molecule has 6 aromatic rings. The molecule has 2 aliphatic heterocycles. The average Bonchev–Trinajstić information content (AvgIpc) is 4.18. The molecule has 0 bridgehead atoms. The van der Waals surface area contributed by atoms with E-state index < -0.39 is 23.6 Å². The molecule has 0 radical (unpaired) electrons. The van der Waals surface area contributed by atoms with Crippen LogP contribution in [-0.2, 0) is 24.6 Å². The van der Waals surface area contributed by atoms with Crippen LogP contribution in [0.15, 0.2) is 88.1 Å². The smallest absolute Gasteiger partial charge is 0.277 e. The lowest BCUT2D eigenvalue weighted by molar-refractivity contribution is -0.134. The van der Waals surface area contributed by atoms with Crippen molar-refractivity contribution in [1.82, 2.24) is 30.3 Å². The van der Waals surface area contributed by atoms with Crippen LogP contribution in [0.3, 0.4) is 0 Å². The minimum absolute atomic E-state index is 0.0396. The first kappa shape index (κ1) is 49.6. The number of hydrogen-bond acceptors (Lipinski definition) is 16. The van der Waals surface area contributed by atoms with Crippen LogP contribution in [-0.4, -0.2) is 113 Å². The normalized spacial score (nSPS) is 17.6. The zero-order chi connectivity index (χ0) is 49.9. The Kier molecular flexibility index (Phi) is 15.9. The van der Waals surface area contributed by atoms with E-state index in [1.54, 1.807) is 47.9 Å². The molecule has 0 saturated carbocycles. The van der Waals surface area contributed by atoms with E-state index in [1.165, 1.54) is 6.33 Å². The van der Waals surface area contributed by atoms with Crippen molar-refractivity contribution >= 4 is 51.4 Å². The Bertz CT molecular complexity index is 3090. The summed E-state index contributed by atoms with van der Waals surface area (Å²) in [6.07, 6.45) is 6.46. The van der Waals surface area contributed by atoms with E-state index >= 15 is 0 Å². The van der Waals surface area contributed by atoms with Gasteiger partial charge in [0, 0.05) is 48.8 Å². The summed E-state index contributed by atoms with van der Waals surface area (Å²) in [6.45, 7) is 8.79. The van der Waals surface area contributed by atoms with Gasteiger partial charge >= 0.3 is 0 Å². The molecule has 2 amide bonds.